The molecule has 0 saturated heterocycles. The first-order valence-electron chi connectivity index (χ1n) is 5.78. The molecular weight excluding hydrogens is 264 g/mol. The molecule has 0 spiro atoms. The molecule has 0 aliphatic heterocycles. The Morgan fingerprint density at radius 3 is 3.00 bits per heavy atom. The third kappa shape index (κ3) is 2.34. The molecule has 3 rings (SSSR count). The monoisotopic (exact) mass is 274 g/mol. The minimum absolute atomic E-state index is 0.0555. The number of fused-ring (bicyclic) bond motifs is 1. The molecule has 0 saturated carbocycles. The van der Waals surface area contributed by atoms with Crippen LogP contribution in [-0.4, -0.2) is 25.6 Å². The summed E-state index contributed by atoms with van der Waals surface area (Å²) in [6.07, 6.45) is 1.74. The lowest BCUT2D eigenvalue weighted by Gasteiger charge is -2.13. The zero-order valence-electron chi connectivity index (χ0n) is 10.1. The highest BCUT2D eigenvalue weighted by molar-refractivity contribution is 6.31. The van der Waals surface area contributed by atoms with E-state index in [0.717, 1.165) is 16.6 Å². The summed E-state index contributed by atoms with van der Waals surface area (Å²) in [6.45, 7) is 1.97. The molecule has 2 heterocycles. The summed E-state index contributed by atoms with van der Waals surface area (Å²) >= 11 is 5.97. The number of hydrogen-bond donors (Lipinski definition) is 2. The number of nitrogens with one attached hydrogen (secondary N) is 2. The van der Waals surface area contributed by atoms with Crippen LogP contribution < -0.4 is 5.32 Å². The van der Waals surface area contributed by atoms with Gasteiger partial charge in [0.15, 0.2) is 5.82 Å². The van der Waals surface area contributed by atoms with Crippen LogP contribution in [0.3, 0.4) is 0 Å². The molecule has 0 amide bonds. The number of anilines is 1. The molecule has 0 aliphatic rings. The van der Waals surface area contributed by atoms with Crippen LogP contribution in [0.25, 0.3) is 10.9 Å². The lowest BCUT2D eigenvalue weighted by atomic mass is 10.1. The third-order valence-electron chi connectivity index (χ3n) is 2.83. The first-order valence-corrected chi connectivity index (χ1v) is 6.16. The van der Waals surface area contributed by atoms with Crippen LogP contribution in [0.1, 0.15) is 18.8 Å². The van der Waals surface area contributed by atoms with E-state index < -0.39 is 0 Å². The van der Waals surface area contributed by atoms with E-state index in [9.17, 15) is 0 Å². The van der Waals surface area contributed by atoms with Gasteiger partial charge in [0, 0.05) is 22.3 Å². The van der Waals surface area contributed by atoms with Crippen LogP contribution in [0.15, 0.2) is 30.5 Å². The van der Waals surface area contributed by atoms with Gasteiger partial charge in [0.1, 0.15) is 0 Å². The molecule has 1 unspecified atom stereocenters. The Kier molecular flexibility index (Phi) is 3.00. The van der Waals surface area contributed by atoms with Gasteiger partial charge < -0.3 is 5.32 Å². The Morgan fingerprint density at radius 1 is 1.32 bits per heavy atom. The molecule has 96 valence electrons. The summed E-state index contributed by atoms with van der Waals surface area (Å²) < 4.78 is 0. The summed E-state index contributed by atoms with van der Waals surface area (Å²) in [4.78, 5) is 4.30. The van der Waals surface area contributed by atoms with Gasteiger partial charge >= 0.3 is 0 Å². The number of H-pyrrole nitrogens is 1. The molecule has 1 aromatic carbocycles. The summed E-state index contributed by atoms with van der Waals surface area (Å²) in [7, 11) is 0. The van der Waals surface area contributed by atoms with Crippen LogP contribution in [0.5, 0.6) is 0 Å². The molecule has 7 heteroatoms. The SMILES string of the molecule is CC(Nc1ccnc2cc(Cl)ccc12)c1nn[nH]n1. The van der Waals surface area contributed by atoms with E-state index in [4.69, 9.17) is 11.6 Å². The standard InChI is InChI=1S/C12H11ClN6/c1-7(12-16-18-19-17-12)15-10-4-5-14-11-6-8(13)2-3-9(10)11/h2-7H,1H3,(H,14,15)(H,16,17,18,19). The van der Waals surface area contributed by atoms with Crippen molar-refractivity contribution in [3.63, 3.8) is 0 Å². The van der Waals surface area contributed by atoms with Crippen LogP contribution in [0.4, 0.5) is 5.69 Å². The number of hydrogen-bond acceptors (Lipinski definition) is 5. The number of halogens is 1. The Bertz CT molecular complexity index is 697. The second-order valence-electron chi connectivity index (χ2n) is 4.16. The second kappa shape index (κ2) is 4.81. The van der Waals surface area contributed by atoms with Crippen molar-refractivity contribution >= 4 is 28.2 Å². The normalized spacial score (nSPS) is 12.5. The molecule has 0 aliphatic carbocycles. The molecular formula is C12H11ClN6. The Hall–Kier alpha value is -2.21. The molecule has 0 fully saturated rings. The van der Waals surface area contributed by atoms with Crippen LogP contribution in [-0.2, 0) is 0 Å². The summed E-state index contributed by atoms with van der Waals surface area (Å²) in [5.74, 6) is 0.610. The van der Waals surface area contributed by atoms with Crippen molar-refractivity contribution in [1.82, 2.24) is 25.6 Å². The number of tetrazole rings is 1. The smallest absolute Gasteiger partial charge is 0.196 e. The van der Waals surface area contributed by atoms with E-state index >= 15 is 0 Å². The van der Waals surface area contributed by atoms with Crippen molar-refractivity contribution < 1.29 is 0 Å². The van der Waals surface area contributed by atoms with E-state index in [-0.39, 0.29) is 6.04 Å². The van der Waals surface area contributed by atoms with Crippen LogP contribution >= 0.6 is 11.6 Å². The maximum Gasteiger partial charge on any atom is 0.196 e. The number of rotatable bonds is 3. The van der Waals surface area contributed by atoms with Gasteiger partial charge in [-0.25, -0.2) is 0 Å². The van der Waals surface area contributed by atoms with Gasteiger partial charge in [-0.05, 0) is 31.2 Å². The van der Waals surface area contributed by atoms with Gasteiger partial charge in [-0.2, -0.15) is 5.21 Å². The molecule has 1 atom stereocenters. The molecule has 0 radical (unpaired) electrons. The Balaban J connectivity index is 1.97. The van der Waals surface area contributed by atoms with Gasteiger partial charge in [-0.15, -0.1) is 10.2 Å². The molecule has 2 N–H and O–H groups in total. The lowest BCUT2D eigenvalue weighted by Crippen LogP contribution is -2.09. The number of benzene rings is 1. The van der Waals surface area contributed by atoms with E-state index in [2.05, 4.69) is 30.9 Å². The van der Waals surface area contributed by atoms with Crippen molar-refractivity contribution in [1.29, 1.82) is 0 Å². The number of aromatic amines is 1. The number of nitrogens with zero attached hydrogens (tertiary/aromatic N) is 4. The van der Waals surface area contributed by atoms with E-state index in [0.29, 0.717) is 10.8 Å². The van der Waals surface area contributed by atoms with Crippen molar-refractivity contribution in [3.8, 4) is 0 Å². The fourth-order valence-corrected chi connectivity index (χ4v) is 2.06. The highest BCUT2D eigenvalue weighted by Gasteiger charge is 2.11. The summed E-state index contributed by atoms with van der Waals surface area (Å²) in [5, 5.41) is 18.9. The lowest BCUT2D eigenvalue weighted by molar-refractivity contribution is 0.794. The molecule has 2 aromatic heterocycles. The fourth-order valence-electron chi connectivity index (χ4n) is 1.90. The number of aromatic nitrogens is 5. The highest BCUT2D eigenvalue weighted by Crippen LogP contribution is 2.26. The quantitative estimate of drug-likeness (QED) is 0.767. The predicted molar refractivity (Wildman–Crippen MR) is 73.0 cm³/mol. The zero-order chi connectivity index (χ0) is 13.2. The van der Waals surface area contributed by atoms with Gasteiger partial charge in [0.05, 0.1) is 11.6 Å². The number of pyridine rings is 1. The Morgan fingerprint density at radius 2 is 2.21 bits per heavy atom. The van der Waals surface area contributed by atoms with Crippen molar-refractivity contribution in [2.24, 2.45) is 0 Å². The summed E-state index contributed by atoms with van der Waals surface area (Å²) in [6, 6.07) is 7.47. The molecule has 6 nitrogen and oxygen atoms in total. The highest BCUT2D eigenvalue weighted by atomic mass is 35.5. The van der Waals surface area contributed by atoms with E-state index in [1.54, 1.807) is 6.20 Å². The van der Waals surface area contributed by atoms with Crippen LogP contribution in [0.2, 0.25) is 5.02 Å². The largest absolute Gasteiger partial charge is 0.375 e. The first-order chi connectivity index (χ1) is 9.24. The van der Waals surface area contributed by atoms with Crippen molar-refractivity contribution in [2.45, 2.75) is 13.0 Å². The molecule has 19 heavy (non-hydrogen) atoms. The second-order valence-corrected chi connectivity index (χ2v) is 4.59. The van der Waals surface area contributed by atoms with Crippen molar-refractivity contribution in [3.05, 3.63) is 41.3 Å². The molecule has 3 aromatic rings. The van der Waals surface area contributed by atoms with Crippen LogP contribution in [0, 0.1) is 0 Å². The topological polar surface area (TPSA) is 79.4 Å². The maximum atomic E-state index is 5.97. The first kappa shape index (κ1) is 11.9. The van der Waals surface area contributed by atoms with Crippen molar-refractivity contribution in [2.75, 3.05) is 5.32 Å². The minimum atomic E-state index is -0.0555. The third-order valence-corrected chi connectivity index (χ3v) is 3.06. The van der Waals surface area contributed by atoms with Gasteiger partial charge in [0.2, 0.25) is 0 Å². The average molecular weight is 275 g/mol. The molecule has 0 bridgehead atoms. The fraction of sp³-hybridized carbons (Fsp3) is 0.167. The predicted octanol–water partition coefficient (Wildman–Crippen LogP) is 2.57. The maximum absolute atomic E-state index is 5.97. The zero-order valence-corrected chi connectivity index (χ0v) is 10.9. The Labute approximate surface area is 114 Å². The minimum Gasteiger partial charge on any atom is -0.375 e. The van der Waals surface area contributed by atoms with Gasteiger partial charge in [-0.3, -0.25) is 4.98 Å². The van der Waals surface area contributed by atoms with E-state index in [1.165, 1.54) is 0 Å². The van der Waals surface area contributed by atoms with E-state index in [1.807, 2.05) is 31.2 Å². The average Bonchev–Trinajstić information content (AvgIpc) is 2.92. The van der Waals surface area contributed by atoms with Gasteiger partial charge in [-0.1, -0.05) is 16.8 Å². The van der Waals surface area contributed by atoms with Gasteiger partial charge in [0.25, 0.3) is 0 Å². The summed E-state index contributed by atoms with van der Waals surface area (Å²) in [5.41, 5.74) is 1.80.